The number of hydrogen-bond donors (Lipinski definition) is 0. The molecule has 1 aliphatic rings. The van der Waals surface area contributed by atoms with Crippen molar-refractivity contribution in [3.8, 4) is 0 Å². The monoisotopic (exact) mass is 281 g/mol. The highest BCUT2D eigenvalue weighted by Crippen LogP contribution is 2.25. The Bertz CT molecular complexity index is 418. The van der Waals surface area contributed by atoms with Crippen LogP contribution < -0.4 is 4.90 Å². The molecule has 1 aromatic rings. The molecule has 1 atom stereocenters. The molecule has 4 heteroatoms. The fourth-order valence-corrected chi connectivity index (χ4v) is 3.15. The van der Waals surface area contributed by atoms with Crippen LogP contribution in [0, 0.1) is 6.92 Å². The molecule has 3 nitrogen and oxygen atoms in total. The lowest BCUT2D eigenvalue weighted by molar-refractivity contribution is 0.232. The van der Waals surface area contributed by atoms with Crippen LogP contribution in [0.15, 0.2) is 12.3 Å². The van der Waals surface area contributed by atoms with Gasteiger partial charge in [-0.15, -0.1) is 11.6 Å². The summed E-state index contributed by atoms with van der Waals surface area (Å²) in [6, 6.07) is 2.82. The van der Waals surface area contributed by atoms with Gasteiger partial charge in [-0.2, -0.15) is 0 Å². The third-order valence-corrected chi connectivity index (χ3v) is 4.36. The first-order valence-corrected chi connectivity index (χ1v) is 7.73. The van der Waals surface area contributed by atoms with Crippen LogP contribution >= 0.6 is 11.6 Å². The maximum Gasteiger partial charge on any atom is 0.131 e. The van der Waals surface area contributed by atoms with Crippen LogP contribution in [0.25, 0.3) is 0 Å². The number of rotatable bonds is 5. The third-order valence-electron chi connectivity index (χ3n) is 4.05. The largest absolute Gasteiger partial charge is 0.355 e. The molecule has 19 heavy (non-hydrogen) atoms. The summed E-state index contributed by atoms with van der Waals surface area (Å²) < 4.78 is 0. The maximum atomic E-state index is 5.85. The molecule has 0 aliphatic carbocycles. The molecule has 1 fully saturated rings. The second-order valence-corrected chi connectivity index (χ2v) is 5.49. The molecule has 0 bridgehead atoms. The summed E-state index contributed by atoms with van der Waals surface area (Å²) in [6.45, 7) is 11.1. The van der Waals surface area contributed by atoms with Crippen molar-refractivity contribution < 1.29 is 0 Å². The number of halogens is 1. The van der Waals surface area contributed by atoms with E-state index in [0.717, 1.165) is 37.6 Å². The van der Waals surface area contributed by atoms with Gasteiger partial charge in [-0.3, -0.25) is 4.90 Å². The van der Waals surface area contributed by atoms with Gasteiger partial charge in [-0.1, -0.05) is 13.8 Å². The number of alkyl halides is 1. The van der Waals surface area contributed by atoms with E-state index in [2.05, 4.69) is 41.6 Å². The van der Waals surface area contributed by atoms with E-state index in [4.69, 9.17) is 11.6 Å². The van der Waals surface area contributed by atoms with Gasteiger partial charge in [0.15, 0.2) is 0 Å². The molecule has 1 aliphatic heterocycles. The molecule has 0 radical (unpaired) electrons. The highest BCUT2D eigenvalue weighted by Gasteiger charge is 2.27. The van der Waals surface area contributed by atoms with Gasteiger partial charge >= 0.3 is 0 Å². The first-order chi connectivity index (χ1) is 9.19. The van der Waals surface area contributed by atoms with E-state index in [1.807, 2.05) is 6.20 Å². The van der Waals surface area contributed by atoms with Gasteiger partial charge in [0.05, 0.1) is 0 Å². The quantitative estimate of drug-likeness (QED) is 0.774. The Morgan fingerprint density at radius 2 is 2.16 bits per heavy atom. The number of aryl methyl sites for hydroxylation is 1. The van der Waals surface area contributed by atoms with Gasteiger partial charge in [0, 0.05) is 31.2 Å². The van der Waals surface area contributed by atoms with Gasteiger partial charge in [0.25, 0.3) is 0 Å². The number of nitrogens with zero attached hydrogens (tertiary/aromatic N) is 3. The molecule has 0 amide bonds. The summed E-state index contributed by atoms with van der Waals surface area (Å²) in [5, 5.41) is 0. The van der Waals surface area contributed by atoms with Crippen molar-refractivity contribution in [2.75, 3.05) is 31.1 Å². The highest BCUT2D eigenvalue weighted by molar-refractivity contribution is 6.17. The van der Waals surface area contributed by atoms with Crippen LogP contribution in [-0.4, -0.2) is 42.1 Å². The van der Waals surface area contributed by atoms with E-state index in [-0.39, 0.29) is 0 Å². The standard InChI is InChI=1S/C15H24ClN3/c1-4-18(5-2)14-6-7-19(11-14)15-12(3)8-13(9-16)10-17-15/h8,10,14H,4-7,9,11H2,1-3H3. The van der Waals surface area contributed by atoms with E-state index in [1.54, 1.807) is 0 Å². The maximum absolute atomic E-state index is 5.85. The summed E-state index contributed by atoms with van der Waals surface area (Å²) in [4.78, 5) is 9.56. The predicted octanol–water partition coefficient (Wildman–Crippen LogP) is 3.05. The molecule has 2 rings (SSSR count). The average molecular weight is 282 g/mol. The Kier molecular flexibility index (Phi) is 5.06. The van der Waals surface area contributed by atoms with Gasteiger partial charge in [-0.05, 0) is 43.6 Å². The van der Waals surface area contributed by atoms with Crippen LogP contribution in [0.2, 0.25) is 0 Å². The molecule has 0 aromatic carbocycles. The van der Waals surface area contributed by atoms with Crippen molar-refractivity contribution in [2.24, 2.45) is 0 Å². The Labute approximate surface area is 121 Å². The normalized spacial score (nSPS) is 19.4. The van der Waals surface area contributed by atoms with Crippen molar-refractivity contribution in [1.29, 1.82) is 0 Å². The van der Waals surface area contributed by atoms with E-state index in [0.29, 0.717) is 11.9 Å². The predicted molar refractivity (Wildman–Crippen MR) is 82.1 cm³/mol. The SMILES string of the molecule is CCN(CC)C1CCN(c2ncc(CCl)cc2C)C1. The van der Waals surface area contributed by atoms with Crippen LogP contribution in [0.1, 0.15) is 31.4 Å². The second-order valence-electron chi connectivity index (χ2n) is 5.23. The first-order valence-electron chi connectivity index (χ1n) is 7.20. The Hall–Kier alpha value is -0.800. The average Bonchev–Trinajstić information content (AvgIpc) is 2.89. The summed E-state index contributed by atoms with van der Waals surface area (Å²) in [5.74, 6) is 1.67. The smallest absolute Gasteiger partial charge is 0.131 e. The number of hydrogen-bond acceptors (Lipinski definition) is 3. The molecule has 106 valence electrons. The number of aromatic nitrogens is 1. The fourth-order valence-electron chi connectivity index (χ4n) is 3.00. The second kappa shape index (κ2) is 6.58. The molecule has 1 aromatic heterocycles. The van der Waals surface area contributed by atoms with Crippen molar-refractivity contribution in [3.63, 3.8) is 0 Å². The molecule has 1 unspecified atom stereocenters. The van der Waals surface area contributed by atoms with Crippen LogP contribution in [0.5, 0.6) is 0 Å². The lowest BCUT2D eigenvalue weighted by Crippen LogP contribution is -2.37. The molecule has 0 spiro atoms. The fraction of sp³-hybridized carbons (Fsp3) is 0.667. The van der Waals surface area contributed by atoms with Gasteiger partial charge < -0.3 is 4.90 Å². The number of likely N-dealkylation sites (N-methyl/N-ethyl adjacent to an activating group) is 1. The minimum Gasteiger partial charge on any atom is -0.355 e. The first kappa shape index (κ1) is 14.6. The Balaban J connectivity index is 2.08. The summed E-state index contributed by atoms with van der Waals surface area (Å²) in [6.07, 6.45) is 3.14. The highest BCUT2D eigenvalue weighted by atomic mass is 35.5. The molecule has 1 saturated heterocycles. The van der Waals surface area contributed by atoms with E-state index in [1.165, 1.54) is 12.0 Å². The van der Waals surface area contributed by atoms with Gasteiger partial charge in [0.1, 0.15) is 5.82 Å². The Morgan fingerprint density at radius 1 is 1.42 bits per heavy atom. The zero-order chi connectivity index (χ0) is 13.8. The molecular formula is C15H24ClN3. The van der Waals surface area contributed by atoms with Gasteiger partial charge in [0.2, 0.25) is 0 Å². The molecule has 0 N–H and O–H groups in total. The zero-order valence-electron chi connectivity index (χ0n) is 12.2. The lowest BCUT2D eigenvalue weighted by Gasteiger charge is -2.26. The summed E-state index contributed by atoms with van der Waals surface area (Å²) in [7, 11) is 0. The van der Waals surface area contributed by atoms with E-state index >= 15 is 0 Å². The summed E-state index contributed by atoms with van der Waals surface area (Å²) >= 11 is 5.85. The lowest BCUT2D eigenvalue weighted by atomic mass is 10.2. The molecular weight excluding hydrogens is 258 g/mol. The molecule has 2 heterocycles. The number of pyridine rings is 1. The number of anilines is 1. The minimum absolute atomic E-state index is 0.538. The zero-order valence-corrected chi connectivity index (χ0v) is 13.0. The van der Waals surface area contributed by atoms with Crippen LogP contribution in [0.3, 0.4) is 0 Å². The van der Waals surface area contributed by atoms with Crippen LogP contribution in [0.4, 0.5) is 5.82 Å². The summed E-state index contributed by atoms with van der Waals surface area (Å²) in [5.41, 5.74) is 2.33. The van der Waals surface area contributed by atoms with E-state index in [9.17, 15) is 0 Å². The van der Waals surface area contributed by atoms with E-state index < -0.39 is 0 Å². The van der Waals surface area contributed by atoms with Crippen LogP contribution in [-0.2, 0) is 5.88 Å². The van der Waals surface area contributed by atoms with Crippen molar-refractivity contribution in [3.05, 3.63) is 23.4 Å². The van der Waals surface area contributed by atoms with Gasteiger partial charge in [-0.25, -0.2) is 4.98 Å². The van der Waals surface area contributed by atoms with Crippen molar-refractivity contribution in [2.45, 2.75) is 39.1 Å². The van der Waals surface area contributed by atoms with Crippen molar-refractivity contribution in [1.82, 2.24) is 9.88 Å². The topological polar surface area (TPSA) is 19.4 Å². The molecule has 0 saturated carbocycles. The van der Waals surface area contributed by atoms with Crippen molar-refractivity contribution >= 4 is 17.4 Å². The Morgan fingerprint density at radius 3 is 2.74 bits per heavy atom. The minimum atomic E-state index is 0.538. The third kappa shape index (κ3) is 3.21.